The Bertz CT molecular complexity index is 363. The number of phenols is 1. The van der Waals surface area contributed by atoms with Gasteiger partial charge in [-0.25, -0.2) is 0 Å². The normalized spacial score (nSPS) is 9.50. The molecule has 3 nitrogen and oxygen atoms in total. The van der Waals surface area contributed by atoms with Crippen molar-refractivity contribution in [1.29, 1.82) is 0 Å². The Labute approximate surface area is 87.0 Å². The fourth-order valence-corrected chi connectivity index (χ4v) is 0.992. The Kier molecular flexibility index (Phi) is 3.54. The van der Waals surface area contributed by atoms with E-state index >= 15 is 0 Å². The van der Waals surface area contributed by atoms with E-state index in [4.69, 9.17) is 16.7 Å². The number of hydrogen-bond donors (Lipinski definition) is 2. The van der Waals surface area contributed by atoms with Gasteiger partial charge in [-0.2, -0.15) is 0 Å². The molecule has 0 aliphatic rings. The highest BCUT2D eigenvalue weighted by Crippen LogP contribution is 2.10. The topological polar surface area (TPSA) is 49.3 Å². The summed E-state index contributed by atoms with van der Waals surface area (Å²) >= 11 is 5.48. The number of aromatic hydroxyl groups is 1. The van der Waals surface area contributed by atoms with Gasteiger partial charge < -0.3 is 10.4 Å². The van der Waals surface area contributed by atoms with Crippen molar-refractivity contribution < 1.29 is 9.90 Å². The van der Waals surface area contributed by atoms with E-state index in [1.54, 1.807) is 12.1 Å². The van der Waals surface area contributed by atoms with Crippen molar-refractivity contribution in [2.75, 3.05) is 6.54 Å². The molecular formula is C10H10ClNO2. The average Bonchev–Trinajstić information content (AvgIpc) is 2.14. The zero-order valence-electron chi connectivity index (χ0n) is 7.46. The highest BCUT2D eigenvalue weighted by Gasteiger charge is 2.04. The molecule has 0 radical (unpaired) electrons. The fourth-order valence-electron chi connectivity index (χ4n) is 0.925. The maximum absolute atomic E-state index is 11.4. The summed E-state index contributed by atoms with van der Waals surface area (Å²) < 4.78 is 0. The Balaban J connectivity index is 2.65. The van der Waals surface area contributed by atoms with E-state index in [0.29, 0.717) is 10.6 Å². The molecule has 0 atom stereocenters. The summed E-state index contributed by atoms with van der Waals surface area (Å²) in [6, 6.07) is 6.08. The van der Waals surface area contributed by atoms with E-state index in [0.717, 1.165) is 0 Å². The quantitative estimate of drug-likeness (QED) is 0.802. The molecule has 2 N–H and O–H groups in total. The van der Waals surface area contributed by atoms with E-state index in [1.807, 2.05) is 0 Å². The number of carbonyl (C=O) groups is 1. The van der Waals surface area contributed by atoms with Crippen LogP contribution in [0.25, 0.3) is 0 Å². The van der Waals surface area contributed by atoms with E-state index in [9.17, 15) is 4.79 Å². The molecular weight excluding hydrogens is 202 g/mol. The van der Waals surface area contributed by atoms with Gasteiger partial charge in [0, 0.05) is 10.6 Å². The highest BCUT2D eigenvalue weighted by molar-refractivity contribution is 6.29. The first-order valence-corrected chi connectivity index (χ1v) is 4.38. The molecule has 0 fully saturated rings. The van der Waals surface area contributed by atoms with Gasteiger partial charge in [0.25, 0.3) is 5.91 Å². The molecule has 0 saturated heterocycles. The summed E-state index contributed by atoms with van der Waals surface area (Å²) in [5.41, 5.74) is 0.392. The molecule has 0 aliphatic carbocycles. The van der Waals surface area contributed by atoms with Gasteiger partial charge in [-0.05, 0) is 18.2 Å². The summed E-state index contributed by atoms with van der Waals surface area (Å²) in [4.78, 5) is 11.4. The van der Waals surface area contributed by atoms with Crippen LogP contribution in [-0.4, -0.2) is 17.6 Å². The molecule has 0 aliphatic heterocycles. The molecule has 0 bridgehead atoms. The van der Waals surface area contributed by atoms with Gasteiger partial charge in [-0.1, -0.05) is 24.2 Å². The van der Waals surface area contributed by atoms with Gasteiger partial charge in [0.05, 0.1) is 6.54 Å². The molecule has 4 heteroatoms. The number of carbonyl (C=O) groups excluding carboxylic acids is 1. The molecule has 0 aromatic heterocycles. The first kappa shape index (κ1) is 10.6. The Hall–Kier alpha value is -1.48. The molecule has 1 aromatic rings. The van der Waals surface area contributed by atoms with Gasteiger partial charge in [0.15, 0.2) is 0 Å². The number of benzene rings is 1. The predicted octanol–water partition coefficient (Wildman–Crippen LogP) is 1.87. The molecule has 14 heavy (non-hydrogen) atoms. The SMILES string of the molecule is C=C(Cl)CNC(=O)c1cccc(O)c1. The smallest absolute Gasteiger partial charge is 0.251 e. The van der Waals surface area contributed by atoms with Crippen molar-refractivity contribution in [3.8, 4) is 5.75 Å². The van der Waals surface area contributed by atoms with Crippen LogP contribution < -0.4 is 5.32 Å². The molecule has 0 spiro atoms. The van der Waals surface area contributed by atoms with Crippen LogP contribution in [0.2, 0.25) is 0 Å². The minimum absolute atomic E-state index is 0.0577. The number of halogens is 1. The lowest BCUT2D eigenvalue weighted by Gasteiger charge is -2.03. The van der Waals surface area contributed by atoms with E-state index in [-0.39, 0.29) is 18.2 Å². The lowest BCUT2D eigenvalue weighted by Crippen LogP contribution is -2.24. The molecule has 1 aromatic carbocycles. The third kappa shape index (κ3) is 3.11. The van der Waals surface area contributed by atoms with Crippen molar-refractivity contribution >= 4 is 17.5 Å². The van der Waals surface area contributed by atoms with Crippen molar-refractivity contribution in [2.24, 2.45) is 0 Å². The molecule has 0 unspecified atom stereocenters. The summed E-state index contributed by atoms with van der Waals surface area (Å²) in [7, 11) is 0. The van der Waals surface area contributed by atoms with Gasteiger partial charge in [0.1, 0.15) is 5.75 Å². The first-order valence-electron chi connectivity index (χ1n) is 4.00. The standard InChI is InChI=1S/C10H10ClNO2/c1-7(11)6-12-10(14)8-3-2-4-9(13)5-8/h2-5,13H,1,6H2,(H,12,14). The largest absolute Gasteiger partial charge is 0.508 e. The van der Waals surface area contributed by atoms with Crippen LogP contribution in [-0.2, 0) is 0 Å². The maximum Gasteiger partial charge on any atom is 0.251 e. The van der Waals surface area contributed by atoms with E-state index < -0.39 is 0 Å². The van der Waals surface area contributed by atoms with Crippen LogP contribution in [0.3, 0.4) is 0 Å². The second-order valence-electron chi connectivity index (χ2n) is 2.75. The number of phenolic OH excluding ortho intramolecular Hbond substituents is 1. The van der Waals surface area contributed by atoms with Crippen LogP contribution in [0, 0.1) is 0 Å². The maximum atomic E-state index is 11.4. The van der Waals surface area contributed by atoms with Crippen molar-refractivity contribution in [3.05, 3.63) is 41.4 Å². The molecule has 1 amide bonds. The Morgan fingerprint density at radius 3 is 2.86 bits per heavy atom. The van der Waals surface area contributed by atoms with Gasteiger partial charge in [0.2, 0.25) is 0 Å². The van der Waals surface area contributed by atoms with E-state index in [1.165, 1.54) is 12.1 Å². The van der Waals surface area contributed by atoms with Gasteiger partial charge in [-0.15, -0.1) is 0 Å². The number of nitrogens with one attached hydrogen (secondary N) is 1. The summed E-state index contributed by atoms with van der Waals surface area (Å²) in [6.45, 7) is 3.66. The monoisotopic (exact) mass is 211 g/mol. The second kappa shape index (κ2) is 4.67. The van der Waals surface area contributed by atoms with Crippen LogP contribution in [0.4, 0.5) is 0 Å². The van der Waals surface area contributed by atoms with Crippen LogP contribution >= 0.6 is 11.6 Å². The van der Waals surface area contributed by atoms with Gasteiger partial charge in [-0.3, -0.25) is 4.79 Å². The summed E-state index contributed by atoms with van der Waals surface area (Å²) in [5.74, 6) is -0.231. The van der Waals surface area contributed by atoms with Crippen LogP contribution in [0.1, 0.15) is 10.4 Å². The highest BCUT2D eigenvalue weighted by atomic mass is 35.5. The fraction of sp³-hybridized carbons (Fsp3) is 0.100. The second-order valence-corrected chi connectivity index (χ2v) is 3.28. The number of hydrogen-bond acceptors (Lipinski definition) is 2. The third-order valence-electron chi connectivity index (χ3n) is 1.55. The predicted molar refractivity (Wildman–Crippen MR) is 55.4 cm³/mol. The van der Waals surface area contributed by atoms with Crippen molar-refractivity contribution in [3.63, 3.8) is 0 Å². The molecule has 1 rings (SSSR count). The summed E-state index contributed by atoms with van der Waals surface area (Å²) in [5, 5.41) is 12.0. The minimum Gasteiger partial charge on any atom is -0.508 e. The zero-order valence-corrected chi connectivity index (χ0v) is 8.21. The molecule has 74 valence electrons. The lowest BCUT2D eigenvalue weighted by molar-refractivity contribution is 0.0957. The minimum atomic E-state index is -0.289. The Morgan fingerprint density at radius 1 is 1.57 bits per heavy atom. The lowest BCUT2D eigenvalue weighted by atomic mass is 10.2. The number of rotatable bonds is 3. The molecule has 0 heterocycles. The zero-order chi connectivity index (χ0) is 10.6. The Morgan fingerprint density at radius 2 is 2.29 bits per heavy atom. The number of amides is 1. The first-order chi connectivity index (χ1) is 6.59. The summed E-state index contributed by atoms with van der Waals surface area (Å²) in [6.07, 6.45) is 0. The van der Waals surface area contributed by atoms with Crippen molar-refractivity contribution in [1.82, 2.24) is 5.32 Å². The van der Waals surface area contributed by atoms with E-state index in [2.05, 4.69) is 11.9 Å². The average molecular weight is 212 g/mol. The van der Waals surface area contributed by atoms with Crippen LogP contribution in [0.15, 0.2) is 35.9 Å². The van der Waals surface area contributed by atoms with Crippen LogP contribution in [0.5, 0.6) is 5.75 Å². The van der Waals surface area contributed by atoms with Crippen molar-refractivity contribution in [2.45, 2.75) is 0 Å². The molecule has 0 saturated carbocycles. The third-order valence-corrected chi connectivity index (χ3v) is 1.68. The van der Waals surface area contributed by atoms with Gasteiger partial charge >= 0.3 is 0 Å².